The summed E-state index contributed by atoms with van der Waals surface area (Å²) < 4.78 is 0. The monoisotopic (exact) mass is 294 g/mol. The summed E-state index contributed by atoms with van der Waals surface area (Å²) in [6.45, 7) is 0. The van der Waals surface area contributed by atoms with Gasteiger partial charge >= 0.3 is 23.3 Å². The molecule has 14 heteroatoms. The van der Waals surface area contributed by atoms with Crippen LogP contribution in [0.15, 0.2) is 11.4 Å². The predicted molar refractivity (Wildman–Crippen MR) is 65.0 cm³/mol. The molecule has 0 bridgehead atoms. The second-order valence-electron chi connectivity index (χ2n) is 2.05. The SMILES string of the molecule is [N-]=C=C(C(=O)O)[N+](=O)[O-].[N-]=C=C(C(=O)O)[N+](=O)[O-].[NH4+].[NH4+]. The second-order valence-corrected chi connectivity index (χ2v) is 2.05. The highest BCUT2D eigenvalue weighted by atomic mass is 16.6. The third kappa shape index (κ3) is 9.76. The number of quaternary nitrogens is 2. The molecule has 0 aliphatic carbocycles. The molecule has 0 heterocycles. The minimum Gasteiger partial charge on any atom is -0.757 e. The first kappa shape index (κ1) is 25.4. The highest BCUT2D eigenvalue weighted by Crippen LogP contribution is 1.87. The molecule has 0 fully saturated rings. The van der Waals surface area contributed by atoms with E-state index in [0.29, 0.717) is 0 Å². The van der Waals surface area contributed by atoms with Crippen LogP contribution >= 0.6 is 0 Å². The number of hydrogen-bond donors (Lipinski definition) is 4. The molecule has 0 aromatic heterocycles. The summed E-state index contributed by atoms with van der Waals surface area (Å²) in [4.78, 5) is 35.9. The molecule has 0 rings (SSSR count). The van der Waals surface area contributed by atoms with Crippen LogP contribution in [0.3, 0.4) is 0 Å². The molecule has 20 heavy (non-hydrogen) atoms. The third-order valence-corrected chi connectivity index (χ3v) is 0.982. The lowest BCUT2D eigenvalue weighted by Crippen LogP contribution is -2.10. The van der Waals surface area contributed by atoms with Gasteiger partial charge < -0.3 is 33.3 Å². The summed E-state index contributed by atoms with van der Waals surface area (Å²) in [6, 6.07) is 0. The summed E-state index contributed by atoms with van der Waals surface area (Å²) >= 11 is 0. The normalized spacial score (nSPS) is 6.80. The van der Waals surface area contributed by atoms with Crippen LogP contribution in [0.1, 0.15) is 0 Å². The van der Waals surface area contributed by atoms with E-state index in [9.17, 15) is 29.8 Å². The number of carbonyl (C=O) groups is 2. The number of carboxylic acids is 2. The second kappa shape index (κ2) is 12.0. The first-order chi connectivity index (χ1) is 8.18. The zero-order chi connectivity index (χ0) is 14.9. The highest BCUT2D eigenvalue weighted by molar-refractivity contribution is 5.94. The average molecular weight is 294 g/mol. The zero-order valence-corrected chi connectivity index (χ0v) is 10.1. The lowest BCUT2D eigenvalue weighted by Gasteiger charge is -1.85. The Bertz CT molecular complexity index is 422. The molecule has 112 valence electrons. The fraction of sp³-hybridized carbons (Fsp3) is 0. The molecule has 10 N–H and O–H groups in total. The van der Waals surface area contributed by atoms with E-state index >= 15 is 0 Å². The quantitative estimate of drug-likeness (QED) is 0.230. The van der Waals surface area contributed by atoms with Crippen LogP contribution in [0.25, 0.3) is 10.8 Å². The van der Waals surface area contributed by atoms with E-state index in [4.69, 9.17) is 21.0 Å². The van der Waals surface area contributed by atoms with Gasteiger partial charge in [-0.25, -0.2) is 9.59 Å². The Kier molecular flexibility index (Phi) is 15.3. The van der Waals surface area contributed by atoms with Gasteiger partial charge in [-0.1, -0.05) is 0 Å². The van der Waals surface area contributed by atoms with Gasteiger partial charge in [-0.15, -0.1) is 0 Å². The van der Waals surface area contributed by atoms with E-state index in [2.05, 4.69) is 0 Å². The molecule has 0 aromatic carbocycles. The van der Waals surface area contributed by atoms with Gasteiger partial charge in [0.05, 0.1) is 9.85 Å². The first-order valence-corrected chi connectivity index (χ1v) is 3.48. The highest BCUT2D eigenvalue weighted by Gasteiger charge is 2.17. The molecule has 0 unspecified atom stereocenters. The number of aliphatic carboxylic acids is 2. The van der Waals surface area contributed by atoms with Crippen molar-refractivity contribution in [2.24, 2.45) is 0 Å². The molecule has 0 spiro atoms. The van der Waals surface area contributed by atoms with Crippen molar-refractivity contribution in [2.45, 2.75) is 0 Å². The van der Waals surface area contributed by atoms with Crippen molar-refractivity contribution in [3.63, 3.8) is 0 Å². The van der Waals surface area contributed by atoms with Crippen molar-refractivity contribution in [1.82, 2.24) is 12.3 Å². The van der Waals surface area contributed by atoms with E-state index in [1.54, 1.807) is 0 Å². The molecule has 0 aliphatic rings. The van der Waals surface area contributed by atoms with Gasteiger partial charge in [0.1, 0.15) is 0 Å². The molecule has 0 saturated heterocycles. The Hall–Kier alpha value is -3.44. The van der Waals surface area contributed by atoms with E-state index in [1.807, 2.05) is 0 Å². The Balaban J connectivity index is -0.000000116. The van der Waals surface area contributed by atoms with Crippen molar-refractivity contribution in [3.05, 3.63) is 42.4 Å². The summed E-state index contributed by atoms with van der Waals surface area (Å²) in [6.07, 6.45) is 0. The molecule has 0 amide bonds. The summed E-state index contributed by atoms with van der Waals surface area (Å²) in [5, 5.41) is 50.3. The fourth-order valence-corrected chi connectivity index (χ4v) is 0.333. The van der Waals surface area contributed by atoms with Gasteiger partial charge in [-0.05, 0) is 0 Å². The van der Waals surface area contributed by atoms with Crippen LogP contribution in [0.2, 0.25) is 0 Å². The van der Waals surface area contributed by atoms with Crippen molar-refractivity contribution in [2.75, 3.05) is 0 Å². The van der Waals surface area contributed by atoms with E-state index in [1.165, 1.54) is 0 Å². The standard InChI is InChI=1S/2C3HN2O4.2H3N/c2*4-1-2(3(6)7)5(8)9;;/h2*(H,6,7);2*1H3/q2*-1;;/p+2. The minimum atomic E-state index is -1.82. The maximum atomic E-state index is 9.67. The Morgan fingerprint density at radius 1 is 0.850 bits per heavy atom. The summed E-state index contributed by atoms with van der Waals surface area (Å²) in [7, 11) is 0. The number of carboxylic acid groups (broad SMARTS) is 2. The van der Waals surface area contributed by atoms with E-state index in [-0.39, 0.29) is 12.3 Å². The van der Waals surface area contributed by atoms with Crippen LogP contribution in [-0.2, 0) is 9.59 Å². The Morgan fingerprint density at radius 3 is 1.05 bits per heavy atom. The van der Waals surface area contributed by atoms with Gasteiger partial charge in [0.2, 0.25) is 0 Å². The molecular formula is C6H10N6O8. The maximum absolute atomic E-state index is 9.67. The van der Waals surface area contributed by atoms with Crippen molar-refractivity contribution in [1.29, 1.82) is 0 Å². The van der Waals surface area contributed by atoms with Crippen LogP contribution in [-0.4, -0.2) is 43.7 Å². The van der Waals surface area contributed by atoms with Gasteiger partial charge in [0.25, 0.3) is 0 Å². The lowest BCUT2D eigenvalue weighted by molar-refractivity contribution is -0.418. The van der Waals surface area contributed by atoms with Crippen molar-refractivity contribution < 1.29 is 29.6 Å². The van der Waals surface area contributed by atoms with Crippen molar-refractivity contribution in [3.8, 4) is 0 Å². The number of nitrogens with zero attached hydrogens (tertiary/aromatic N) is 4. The van der Waals surface area contributed by atoms with E-state index in [0.717, 1.165) is 11.7 Å². The minimum absolute atomic E-state index is 0. The van der Waals surface area contributed by atoms with Gasteiger partial charge in [0, 0.05) is 0 Å². The van der Waals surface area contributed by atoms with Crippen LogP contribution in [0.4, 0.5) is 0 Å². The van der Waals surface area contributed by atoms with Crippen LogP contribution < -0.4 is 12.3 Å². The van der Waals surface area contributed by atoms with Gasteiger partial charge in [-0.2, -0.15) is 11.7 Å². The lowest BCUT2D eigenvalue weighted by atomic mass is 10.5. The third-order valence-electron chi connectivity index (χ3n) is 0.982. The van der Waals surface area contributed by atoms with Gasteiger partial charge in [-0.3, -0.25) is 20.2 Å². The fourth-order valence-electron chi connectivity index (χ4n) is 0.333. The number of hydrogen-bond acceptors (Lipinski definition) is 6. The van der Waals surface area contributed by atoms with Gasteiger partial charge in [0.15, 0.2) is 0 Å². The smallest absolute Gasteiger partial charge is 0.414 e. The molecule has 0 saturated carbocycles. The van der Waals surface area contributed by atoms with E-state index < -0.39 is 33.2 Å². The zero-order valence-electron chi connectivity index (χ0n) is 10.1. The molecular weight excluding hydrogens is 284 g/mol. The first-order valence-electron chi connectivity index (χ1n) is 3.48. The Labute approximate surface area is 109 Å². The molecule has 0 radical (unpaired) electrons. The summed E-state index contributed by atoms with van der Waals surface area (Å²) in [5.74, 6) is -1.80. The maximum Gasteiger partial charge on any atom is 0.414 e. The Morgan fingerprint density at radius 2 is 1.05 bits per heavy atom. The molecule has 0 aromatic rings. The van der Waals surface area contributed by atoms with Crippen LogP contribution in [0.5, 0.6) is 0 Å². The largest absolute Gasteiger partial charge is 0.757 e. The number of rotatable bonds is 4. The average Bonchev–Trinajstić information content (AvgIpc) is 2.17. The topological polar surface area (TPSA) is 278 Å². The molecule has 14 nitrogen and oxygen atoms in total. The molecule has 0 atom stereocenters. The number of nitro groups is 2. The summed E-state index contributed by atoms with van der Waals surface area (Å²) in [5.41, 5.74) is -2.73. The van der Waals surface area contributed by atoms with Crippen LogP contribution in [0, 0.1) is 20.2 Å². The molecule has 0 aliphatic heterocycles. The predicted octanol–water partition coefficient (Wildman–Crippen LogP) is -0.306. The van der Waals surface area contributed by atoms with Crippen molar-refractivity contribution >= 4 is 23.7 Å².